The van der Waals surface area contributed by atoms with Gasteiger partial charge in [0.2, 0.25) is 0 Å². The van der Waals surface area contributed by atoms with Crippen LogP contribution in [0.3, 0.4) is 0 Å². The van der Waals surface area contributed by atoms with Gasteiger partial charge in [0.05, 0.1) is 30.6 Å². The molecule has 1 fully saturated rings. The normalized spacial score (nSPS) is 16.4. The Hall–Kier alpha value is -2.75. The monoisotopic (exact) mass is 528 g/mol. The van der Waals surface area contributed by atoms with Crippen LogP contribution in [0.15, 0.2) is 47.5 Å². The zero-order chi connectivity index (χ0) is 24.5. The van der Waals surface area contributed by atoms with Crippen LogP contribution in [0.1, 0.15) is 37.1 Å². The lowest BCUT2D eigenvalue weighted by Crippen LogP contribution is -2.45. The molecular formula is C25H29BrN4O4. The smallest absolute Gasteiger partial charge is 0.339 e. The molecule has 34 heavy (non-hydrogen) atoms. The largest absolute Gasteiger partial charge is 0.467 e. The summed E-state index contributed by atoms with van der Waals surface area (Å²) >= 11 is 3.51. The van der Waals surface area contributed by atoms with Crippen molar-refractivity contribution >= 4 is 33.4 Å². The average molecular weight is 529 g/mol. The number of carbonyl (C=O) groups is 1. The molecule has 0 saturated carbocycles. The molecule has 8 nitrogen and oxygen atoms in total. The van der Waals surface area contributed by atoms with Gasteiger partial charge in [-0.25, -0.2) is 9.78 Å². The summed E-state index contributed by atoms with van der Waals surface area (Å²) in [5.41, 5.74) is 3.01. The fraction of sp³-hybridized carbons (Fsp3) is 0.400. The predicted octanol–water partition coefficient (Wildman–Crippen LogP) is 4.24. The van der Waals surface area contributed by atoms with E-state index >= 15 is 0 Å². The number of hydrogen-bond acceptors (Lipinski definition) is 7. The van der Waals surface area contributed by atoms with E-state index in [1.54, 1.807) is 17.5 Å². The minimum Gasteiger partial charge on any atom is -0.467 e. The topological polar surface area (TPSA) is 89.2 Å². The molecule has 0 amide bonds. The number of carbonyl (C=O) groups excluding carboxylic acids is 1. The highest BCUT2D eigenvalue weighted by molar-refractivity contribution is 9.10. The second-order valence-electron chi connectivity index (χ2n) is 8.71. The Bertz CT molecular complexity index is 1220. The Morgan fingerprint density at radius 3 is 2.74 bits per heavy atom. The lowest BCUT2D eigenvalue weighted by Gasteiger charge is -2.40. The summed E-state index contributed by atoms with van der Waals surface area (Å²) in [6.07, 6.45) is 1.83. The molecular weight excluding hydrogens is 500 g/mol. The van der Waals surface area contributed by atoms with Crippen molar-refractivity contribution in [2.75, 3.05) is 31.7 Å². The molecule has 1 atom stereocenters. The van der Waals surface area contributed by atoms with E-state index in [9.17, 15) is 9.90 Å². The maximum absolute atomic E-state index is 12.3. The molecule has 9 heteroatoms. The molecule has 1 aliphatic rings. The van der Waals surface area contributed by atoms with Gasteiger partial charge in [-0.2, -0.15) is 9.61 Å². The van der Waals surface area contributed by atoms with Crippen LogP contribution in [0.4, 0.5) is 5.82 Å². The number of aliphatic hydroxyl groups is 1. The lowest BCUT2D eigenvalue weighted by atomic mass is 9.92. The first kappa shape index (κ1) is 24.4. The Morgan fingerprint density at radius 2 is 2.09 bits per heavy atom. The van der Waals surface area contributed by atoms with Crippen LogP contribution in [0.25, 0.3) is 16.9 Å². The van der Waals surface area contributed by atoms with Gasteiger partial charge < -0.3 is 19.5 Å². The highest BCUT2D eigenvalue weighted by Crippen LogP contribution is 2.36. The molecule has 1 aromatic carbocycles. The SMILES string of the molecule is C=CCOC1(C)CCN(c2c([C@H](O)C(=O)OC)c(C)nc3cc(-c4cccc(Br)c4)nn23)CC1. The molecule has 1 saturated heterocycles. The summed E-state index contributed by atoms with van der Waals surface area (Å²) < 4.78 is 13.5. The van der Waals surface area contributed by atoms with E-state index < -0.39 is 12.1 Å². The third-order valence-electron chi connectivity index (χ3n) is 6.29. The number of nitrogens with zero attached hydrogens (tertiary/aromatic N) is 4. The van der Waals surface area contributed by atoms with E-state index in [1.165, 1.54) is 7.11 Å². The average Bonchev–Trinajstić information content (AvgIpc) is 3.25. The molecule has 0 unspecified atom stereocenters. The first-order chi connectivity index (χ1) is 16.3. The maximum Gasteiger partial charge on any atom is 0.339 e. The van der Waals surface area contributed by atoms with Crippen molar-refractivity contribution in [1.29, 1.82) is 0 Å². The third-order valence-corrected chi connectivity index (χ3v) is 6.79. The number of fused-ring (bicyclic) bond motifs is 1. The highest BCUT2D eigenvalue weighted by atomic mass is 79.9. The minimum absolute atomic E-state index is 0.265. The van der Waals surface area contributed by atoms with Gasteiger partial charge in [-0.1, -0.05) is 34.1 Å². The van der Waals surface area contributed by atoms with E-state index in [2.05, 4.69) is 39.3 Å². The van der Waals surface area contributed by atoms with Crippen LogP contribution < -0.4 is 4.90 Å². The van der Waals surface area contributed by atoms with Crippen molar-refractivity contribution in [1.82, 2.24) is 14.6 Å². The Labute approximate surface area is 207 Å². The first-order valence-corrected chi connectivity index (χ1v) is 12.0. The van der Waals surface area contributed by atoms with Gasteiger partial charge in [-0.15, -0.1) is 6.58 Å². The predicted molar refractivity (Wildman–Crippen MR) is 134 cm³/mol. The highest BCUT2D eigenvalue weighted by Gasteiger charge is 2.35. The van der Waals surface area contributed by atoms with Gasteiger partial charge in [0.15, 0.2) is 11.8 Å². The van der Waals surface area contributed by atoms with Crippen molar-refractivity contribution < 1.29 is 19.4 Å². The van der Waals surface area contributed by atoms with E-state index in [0.29, 0.717) is 42.4 Å². The number of esters is 1. The number of methoxy groups -OCH3 is 1. The number of hydrogen-bond donors (Lipinski definition) is 1. The number of piperidine rings is 1. The molecule has 3 aromatic rings. The Morgan fingerprint density at radius 1 is 1.35 bits per heavy atom. The number of rotatable bonds is 7. The number of benzene rings is 1. The fourth-order valence-corrected chi connectivity index (χ4v) is 4.75. The summed E-state index contributed by atoms with van der Waals surface area (Å²) in [5, 5.41) is 15.7. The zero-order valence-corrected chi connectivity index (χ0v) is 21.2. The summed E-state index contributed by atoms with van der Waals surface area (Å²) in [5.74, 6) is -0.0894. The summed E-state index contributed by atoms with van der Waals surface area (Å²) in [7, 11) is 1.26. The molecule has 4 rings (SSSR count). The van der Waals surface area contributed by atoms with Gasteiger partial charge in [-0.05, 0) is 38.8 Å². The van der Waals surface area contributed by atoms with Crippen LogP contribution in [0.2, 0.25) is 0 Å². The van der Waals surface area contributed by atoms with Gasteiger partial charge in [0.1, 0.15) is 5.82 Å². The summed E-state index contributed by atoms with van der Waals surface area (Å²) in [6, 6.07) is 9.78. The van der Waals surface area contributed by atoms with E-state index in [-0.39, 0.29) is 5.60 Å². The van der Waals surface area contributed by atoms with Crippen molar-refractivity contribution in [3.63, 3.8) is 0 Å². The van der Waals surface area contributed by atoms with Crippen molar-refractivity contribution in [2.24, 2.45) is 0 Å². The number of ether oxygens (including phenoxy) is 2. The lowest BCUT2D eigenvalue weighted by molar-refractivity contribution is -0.150. The molecule has 1 aliphatic heterocycles. The molecule has 1 N–H and O–H groups in total. The van der Waals surface area contributed by atoms with Crippen LogP contribution in [0.5, 0.6) is 0 Å². The molecule has 0 spiro atoms. The first-order valence-electron chi connectivity index (χ1n) is 11.2. The van der Waals surface area contributed by atoms with Gasteiger partial charge in [0.25, 0.3) is 0 Å². The van der Waals surface area contributed by atoms with Crippen LogP contribution in [0, 0.1) is 6.92 Å². The van der Waals surface area contributed by atoms with Gasteiger partial charge >= 0.3 is 5.97 Å². The van der Waals surface area contributed by atoms with Crippen LogP contribution in [-0.4, -0.2) is 58.1 Å². The second-order valence-corrected chi connectivity index (χ2v) is 9.62. The third kappa shape index (κ3) is 4.73. The number of halogens is 1. The number of aliphatic hydroxyl groups excluding tert-OH is 1. The Kier molecular flexibility index (Phi) is 7.06. The molecule has 0 bridgehead atoms. The second kappa shape index (κ2) is 9.85. The maximum atomic E-state index is 12.3. The molecule has 0 radical (unpaired) electrons. The number of aromatic nitrogens is 3. The quantitative estimate of drug-likeness (QED) is 0.362. The van der Waals surface area contributed by atoms with Crippen molar-refractivity contribution in [3.8, 4) is 11.3 Å². The van der Waals surface area contributed by atoms with Crippen LogP contribution in [-0.2, 0) is 14.3 Å². The van der Waals surface area contributed by atoms with E-state index in [4.69, 9.17) is 14.6 Å². The minimum atomic E-state index is -1.47. The van der Waals surface area contributed by atoms with Crippen LogP contribution >= 0.6 is 15.9 Å². The fourth-order valence-electron chi connectivity index (χ4n) is 4.35. The van der Waals surface area contributed by atoms with E-state index in [0.717, 1.165) is 28.6 Å². The van der Waals surface area contributed by atoms with Gasteiger partial charge in [0, 0.05) is 34.9 Å². The van der Waals surface area contributed by atoms with E-state index in [1.807, 2.05) is 30.3 Å². The zero-order valence-electron chi connectivity index (χ0n) is 19.6. The van der Waals surface area contributed by atoms with Crippen molar-refractivity contribution in [3.05, 3.63) is 58.7 Å². The summed E-state index contributed by atoms with van der Waals surface area (Å²) in [6.45, 7) is 9.46. The molecule has 0 aliphatic carbocycles. The standard InChI is InChI=1S/C25H29BrN4O4/c1-5-13-34-25(3)9-11-29(12-10-25)23-21(22(31)24(32)33-4)16(2)27-20-15-19(28-30(20)23)17-7-6-8-18(26)14-17/h5-8,14-15,22,31H,1,9-13H2,2-4H3/t22-/m0/s1. The molecule has 180 valence electrons. The summed E-state index contributed by atoms with van der Waals surface area (Å²) in [4.78, 5) is 19.1. The Balaban J connectivity index is 1.82. The van der Waals surface area contributed by atoms with Gasteiger partial charge in [-0.3, -0.25) is 0 Å². The molecule has 3 heterocycles. The van der Waals surface area contributed by atoms with Crippen molar-refractivity contribution in [2.45, 2.75) is 38.4 Å². The number of anilines is 1. The number of aryl methyl sites for hydroxylation is 1. The molecule has 2 aromatic heterocycles.